The molecule has 0 saturated carbocycles. The van der Waals surface area contributed by atoms with Gasteiger partial charge in [0.2, 0.25) is 0 Å². The molecule has 0 aliphatic carbocycles. The van der Waals surface area contributed by atoms with Crippen LogP contribution in [0.5, 0.6) is 0 Å². The molecule has 2 N–H and O–H groups in total. The number of aliphatic hydroxyl groups is 1. The van der Waals surface area contributed by atoms with Gasteiger partial charge in [0.05, 0.1) is 12.2 Å². The first-order valence-electron chi connectivity index (χ1n) is 5.86. The van der Waals surface area contributed by atoms with Crippen molar-refractivity contribution in [3.8, 4) is 0 Å². The minimum atomic E-state index is -3.51. The van der Waals surface area contributed by atoms with E-state index in [4.69, 9.17) is 5.11 Å². The van der Waals surface area contributed by atoms with E-state index in [1.54, 1.807) is 6.07 Å². The first-order chi connectivity index (χ1) is 8.62. The van der Waals surface area contributed by atoms with Crippen molar-refractivity contribution in [1.29, 1.82) is 0 Å². The smallest absolute Gasteiger partial charge is 0.279 e. The maximum Gasteiger partial charge on any atom is 0.279 e. The van der Waals surface area contributed by atoms with Crippen molar-refractivity contribution in [2.45, 2.75) is 19.4 Å². The lowest BCUT2D eigenvalue weighted by Gasteiger charge is -2.30. The van der Waals surface area contributed by atoms with Crippen molar-refractivity contribution in [1.82, 2.24) is 14.2 Å². The monoisotopic (exact) mass is 275 g/mol. The van der Waals surface area contributed by atoms with Crippen LogP contribution in [-0.4, -0.2) is 42.7 Å². The second-order valence-electron chi connectivity index (χ2n) is 4.37. The Hall–Kier alpha value is -0.960. The number of hydrogen-bond acceptors (Lipinski definition) is 5. The first-order valence-corrected chi connectivity index (χ1v) is 7.30. The van der Waals surface area contributed by atoms with Crippen LogP contribution in [0.25, 0.3) is 0 Å². The third-order valence-corrected chi connectivity index (χ3v) is 4.53. The number of aromatic nitrogens is 1. The van der Waals surface area contributed by atoms with E-state index in [2.05, 4.69) is 14.4 Å². The average Bonchev–Trinajstić information content (AvgIpc) is 2.90. The van der Waals surface area contributed by atoms with Gasteiger partial charge in [0.25, 0.3) is 10.2 Å². The predicted octanol–water partition coefficient (Wildman–Crippen LogP) is -0.287. The molecule has 18 heavy (non-hydrogen) atoms. The van der Waals surface area contributed by atoms with E-state index in [-0.39, 0.29) is 19.1 Å². The molecule has 0 spiro atoms. The van der Waals surface area contributed by atoms with Crippen molar-refractivity contribution in [3.05, 3.63) is 18.0 Å². The van der Waals surface area contributed by atoms with Crippen LogP contribution in [0.15, 0.2) is 16.9 Å². The highest BCUT2D eigenvalue weighted by Crippen LogP contribution is 2.18. The standard InChI is InChI=1S/C10H17N3O4S/c14-8-9-2-1-4-13(7-9)18(15,16)11-6-10-3-5-17-12-10/h3,5,9,11,14H,1-2,4,6-8H2. The largest absolute Gasteiger partial charge is 0.396 e. The summed E-state index contributed by atoms with van der Waals surface area (Å²) < 4.78 is 32.5. The predicted molar refractivity (Wildman–Crippen MR) is 63.6 cm³/mol. The van der Waals surface area contributed by atoms with Gasteiger partial charge in [-0.1, -0.05) is 5.16 Å². The van der Waals surface area contributed by atoms with Gasteiger partial charge in [-0.3, -0.25) is 0 Å². The van der Waals surface area contributed by atoms with Crippen LogP contribution in [0.3, 0.4) is 0 Å². The third-order valence-electron chi connectivity index (χ3n) is 3.01. The minimum absolute atomic E-state index is 0.0231. The van der Waals surface area contributed by atoms with Crippen molar-refractivity contribution in [2.75, 3.05) is 19.7 Å². The van der Waals surface area contributed by atoms with Gasteiger partial charge in [-0.15, -0.1) is 0 Å². The van der Waals surface area contributed by atoms with E-state index >= 15 is 0 Å². The number of nitrogens with zero attached hydrogens (tertiary/aromatic N) is 2. The number of hydrogen-bond donors (Lipinski definition) is 2. The van der Waals surface area contributed by atoms with Gasteiger partial charge in [-0.05, 0) is 18.8 Å². The van der Waals surface area contributed by atoms with Gasteiger partial charge < -0.3 is 9.63 Å². The third kappa shape index (κ3) is 3.29. The summed E-state index contributed by atoms with van der Waals surface area (Å²) in [5.74, 6) is 0.0300. The Morgan fingerprint density at radius 3 is 3.11 bits per heavy atom. The molecule has 7 nitrogen and oxygen atoms in total. The topological polar surface area (TPSA) is 95.7 Å². The number of rotatable bonds is 5. The van der Waals surface area contributed by atoms with Crippen LogP contribution in [0.2, 0.25) is 0 Å². The van der Waals surface area contributed by atoms with Crippen molar-refractivity contribution in [3.63, 3.8) is 0 Å². The Morgan fingerprint density at radius 2 is 2.44 bits per heavy atom. The molecular formula is C10H17N3O4S. The molecule has 1 aliphatic rings. The van der Waals surface area contributed by atoms with Gasteiger partial charge in [-0.2, -0.15) is 17.4 Å². The lowest BCUT2D eigenvalue weighted by molar-refractivity contribution is 0.164. The summed E-state index contributed by atoms with van der Waals surface area (Å²) in [6.45, 7) is 0.990. The van der Waals surface area contributed by atoms with Crippen molar-refractivity contribution >= 4 is 10.2 Å². The molecule has 0 amide bonds. The average molecular weight is 275 g/mol. The minimum Gasteiger partial charge on any atom is -0.396 e. The molecule has 1 aromatic heterocycles. The maximum atomic E-state index is 12.0. The molecule has 1 saturated heterocycles. The summed E-state index contributed by atoms with van der Waals surface area (Å²) in [4.78, 5) is 0. The van der Waals surface area contributed by atoms with Crippen molar-refractivity contribution < 1.29 is 18.0 Å². The zero-order valence-corrected chi connectivity index (χ0v) is 10.8. The molecule has 1 unspecified atom stereocenters. The SMILES string of the molecule is O=S(=O)(NCc1ccon1)N1CCCC(CO)C1. The second kappa shape index (κ2) is 5.79. The van der Waals surface area contributed by atoms with E-state index < -0.39 is 10.2 Å². The van der Waals surface area contributed by atoms with Gasteiger partial charge in [0.1, 0.15) is 6.26 Å². The van der Waals surface area contributed by atoms with Crippen molar-refractivity contribution in [2.24, 2.45) is 5.92 Å². The van der Waals surface area contributed by atoms with Crippen LogP contribution >= 0.6 is 0 Å². The Morgan fingerprint density at radius 1 is 1.61 bits per heavy atom. The van der Waals surface area contributed by atoms with Gasteiger partial charge in [0, 0.05) is 25.8 Å². The number of nitrogens with one attached hydrogen (secondary N) is 1. The Kier molecular flexibility index (Phi) is 4.33. The second-order valence-corrected chi connectivity index (χ2v) is 6.12. The molecule has 0 bridgehead atoms. The lowest BCUT2D eigenvalue weighted by Crippen LogP contribution is -2.46. The van der Waals surface area contributed by atoms with Crippen LogP contribution < -0.4 is 4.72 Å². The highest BCUT2D eigenvalue weighted by molar-refractivity contribution is 7.87. The Balaban J connectivity index is 1.93. The van der Waals surface area contributed by atoms with E-state index in [1.807, 2.05) is 0 Å². The van der Waals surface area contributed by atoms with E-state index in [9.17, 15) is 8.42 Å². The van der Waals surface area contributed by atoms with E-state index in [1.165, 1.54) is 10.6 Å². The molecule has 1 fully saturated rings. The Bertz CT molecular complexity index is 459. The lowest BCUT2D eigenvalue weighted by atomic mass is 10.0. The fraction of sp³-hybridized carbons (Fsp3) is 0.700. The van der Waals surface area contributed by atoms with Gasteiger partial charge in [0.15, 0.2) is 0 Å². The normalized spacial score (nSPS) is 22.2. The van der Waals surface area contributed by atoms with E-state index in [0.717, 1.165) is 12.8 Å². The van der Waals surface area contributed by atoms with Gasteiger partial charge in [-0.25, -0.2) is 0 Å². The zero-order chi connectivity index (χ0) is 13.0. The van der Waals surface area contributed by atoms with Crippen LogP contribution in [0.4, 0.5) is 0 Å². The molecule has 1 aromatic rings. The highest BCUT2D eigenvalue weighted by atomic mass is 32.2. The molecule has 2 heterocycles. The van der Waals surface area contributed by atoms with Crippen LogP contribution in [0.1, 0.15) is 18.5 Å². The summed E-state index contributed by atoms with van der Waals surface area (Å²) in [7, 11) is -3.51. The molecule has 2 rings (SSSR count). The summed E-state index contributed by atoms with van der Waals surface area (Å²) >= 11 is 0. The molecular weight excluding hydrogens is 258 g/mol. The summed E-state index contributed by atoms with van der Waals surface area (Å²) in [6.07, 6.45) is 3.04. The fourth-order valence-electron chi connectivity index (χ4n) is 1.98. The molecule has 102 valence electrons. The van der Waals surface area contributed by atoms with E-state index in [0.29, 0.717) is 18.8 Å². The highest BCUT2D eigenvalue weighted by Gasteiger charge is 2.28. The summed E-state index contributed by atoms with van der Waals surface area (Å²) in [5.41, 5.74) is 0.536. The maximum absolute atomic E-state index is 12.0. The molecule has 1 atom stereocenters. The van der Waals surface area contributed by atoms with Crippen LogP contribution in [-0.2, 0) is 16.8 Å². The molecule has 0 aromatic carbocycles. The Labute approximate surface area is 106 Å². The number of aliphatic hydroxyl groups excluding tert-OH is 1. The quantitative estimate of drug-likeness (QED) is 0.770. The van der Waals surface area contributed by atoms with Gasteiger partial charge >= 0.3 is 0 Å². The molecule has 8 heteroatoms. The zero-order valence-electron chi connectivity index (χ0n) is 9.95. The molecule has 0 radical (unpaired) electrons. The number of piperidine rings is 1. The summed E-state index contributed by atoms with van der Waals surface area (Å²) in [5, 5.41) is 12.7. The van der Waals surface area contributed by atoms with Crippen LogP contribution in [0, 0.1) is 5.92 Å². The first kappa shape index (κ1) is 13.5. The fourth-order valence-corrected chi connectivity index (χ4v) is 3.27. The molecule has 1 aliphatic heterocycles. The summed E-state index contributed by atoms with van der Waals surface area (Å²) in [6, 6.07) is 1.61.